The van der Waals surface area contributed by atoms with E-state index in [0.29, 0.717) is 13.2 Å². The van der Waals surface area contributed by atoms with Gasteiger partial charge < -0.3 is 20.5 Å². The molecule has 106 valence electrons. The second-order valence-electron chi connectivity index (χ2n) is 3.69. The van der Waals surface area contributed by atoms with Gasteiger partial charge in [0.15, 0.2) is 5.82 Å². The van der Waals surface area contributed by atoms with E-state index in [2.05, 4.69) is 5.32 Å². The van der Waals surface area contributed by atoms with Gasteiger partial charge in [-0.05, 0) is 12.1 Å². The maximum Gasteiger partial charge on any atom is 0.257 e. The highest BCUT2D eigenvalue weighted by Gasteiger charge is 2.18. The van der Waals surface area contributed by atoms with Gasteiger partial charge in [-0.3, -0.25) is 4.79 Å². The third-order valence-electron chi connectivity index (χ3n) is 2.31. The van der Waals surface area contributed by atoms with Gasteiger partial charge in [-0.25, -0.2) is 8.78 Å². The molecule has 0 aliphatic rings. The van der Waals surface area contributed by atoms with Gasteiger partial charge in [0.1, 0.15) is 11.4 Å². The van der Waals surface area contributed by atoms with E-state index in [9.17, 15) is 13.6 Å². The number of nitrogens with two attached hydrogens (primary N) is 1. The number of methoxy groups -OCH3 is 1. The molecule has 1 rings (SSSR count). The third kappa shape index (κ3) is 4.46. The molecular weight excluding hydrogens is 258 g/mol. The number of hydrogen-bond donors (Lipinski definition) is 2. The standard InChI is InChI=1S/C12H16F2N2O3/c1-18-6-7-19-5-4-16-12(17)10-8(13)2-3-9(15)11(10)14/h2-3H,4-7,15H2,1H3,(H,16,17). The molecule has 0 aliphatic heterocycles. The van der Waals surface area contributed by atoms with Crippen LogP contribution in [0.25, 0.3) is 0 Å². The number of carbonyl (C=O) groups excluding carboxylic acids is 1. The summed E-state index contributed by atoms with van der Waals surface area (Å²) in [6.45, 7) is 1.18. The normalized spacial score (nSPS) is 10.5. The Bertz CT molecular complexity index is 441. The fraction of sp³-hybridized carbons (Fsp3) is 0.417. The minimum Gasteiger partial charge on any atom is -0.396 e. The summed E-state index contributed by atoms with van der Waals surface area (Å²) in [4.78, 5) is 11.6. The first-order valence-corrected chi connectivity index (χ1v) is 5.66. The minimum absolute atomic E-state index is 0.135. The van der Waals surface area contributed by atoms with Crippen LogP contribution in [-0.4, -0.2) is 39.4 Å². The Morgan fingerprint density at radius 1 is 1.32 bits per heavy atom. The van der Waals surface area contributed by atoms with Crippen molar-refractivity contribution in [3.05, 3.63) is 29.3 Å². The van der Waals surface area contributed by atoms with Gasteiger partial charge in [0, 0.05) is 13.7 Å². The molecule has 7 heteroatoms. The van der Waals surface area contributed by atoms with E-state index in [1.807, 2.05) is 0 Å². The van der Waals surface area contributed by atoms with Gasteiger partial charge in [-0.15, -0.1) is 0 Å². The van der Waals surface area contributed by atoms with Crippen molar-refractivity contribution in [1.82, 2.24) is 5.32 Å². The molecule has 0 aromatic heterocycles. The summed E-state index contributed by atoms with van der Waals surface area (Å²) < 4.78 is 36.7. The Morgan fingerprint density at radius 3 is 2.74 bits per heavy atom. The van der Waals surface area contributed by atoms with E-state index in [1.165, 1.54) is 7.11 Å². The Hall–Kier alpha value is -1.73. The predicted octanol–water partition coefficient (Wildman–Crippen LogP) is 0.940. The lowest BCUT2D eigenvalue weighted by molar-refractivity contribution is 0.0691. The van der Waals surface area contributed by atoms with Crippen LogP contribution in [0.15, 0.2) is 12.1 Å². The second-order valence-corrected chi connectivity index (χ2v) is 3.69. The van der Waals surface area contributed by atoms with Crippen LogP contribution in [0, 0.1) is 11.6 Å². The van der Waals surface area contributed by atoms with Crippen molar-refractivity contribution < 1.29 is 23.0 Å². The molecule has 19 heavy (non-hydrogen) atoms. The molecule has 5 nitrogen and oxygen atoms in total. The van der Waals surface area contributed by atoms with E-state index >= 15 is 0 Å². The van der Waals surface area contributed by atoms with E-state index in [0.717, 1.165) is 12.1 Å². The summed E-state index contributed by atoms with van der Waals surface area (Å²) in [5, 5.41) is 2.34. The lowest BCUT2D eigenvalue weighted by atomic mass is 10.1. The van der Waals surface area contributed by atoms with Crippen LogP contribution in [-0.2, 0) is 9.47 Å². The Morgan fingerprint density at radius 2 is 2.05 bits per heavy atom. The highest BCUT2D eigenvalue weighted by atomic mass is 19.1. The molecule has 0 saturated heterocycles. The molecule has 0 atom stereocenters. The summed E-state index contributed by atoms with van der Waals surface area (Å²) in [6, 6.07) is 2.01. The number of nitrogen functional groups attached to an aromatic ring is 1. The molecule has 0 radical (unpaired) electrons. The fourth-order valence-electron chi connectivity index (χ4n) is 1.35. The molecule has 1 amide bonds. The minimum atomic E-state index is -1.06. The summed E-state index contributed by atoms with van der Waals surface area (Å²) >= 11 is 0. The maximum absolute atomic E-state index is 13.5. The number of rotatable bonds is 7. The van der Waals surface area contributed by atoms with Gasteiger partial charge in [0.25, 0.3) is 5.91 Å². The average Bonchev–Trinajstić information content (AvgIpc) is 2.38. The average molecular weight is 274 g/mol. The van der Waals surface area contributed by atoms with Crippen molar-refractivity contribution in [2.45, 2.75) is 0 Å². The zero-order valence-corrected chi connectivity index (χ0v) is 10.5. The third-order valence-corrected chi connectivity index (χ3v) is 2.31. The van der Waals surface area contributed by atoms with Crippen LogP contribution in [0.4, 0.5) is 14.5 Å². The van der Waals surface area contributed by atoms with Gasteiger partial charge in [-0.1, -0.05) is 0 Å². The first kappa shape index (κ1) is 15.3. The monoisotopic (exact) mass is 274 g/mol. The fourth-order valence-corrected chi connectivity index (χ4v) is 1.35. The highest BCUT2D eigenvalue weighted by molar-refractivity contribution is 5.95. The largest absolute Gasteiger partial charge is 0.396 e. The molecule has 0 heterocycles. The number of amides is 1. The van der Waals surface area contributed by atoms with Gasteiger partial charge in [0.05, 0.1) is 25.5 Å². The van der Waals surface area contributed by atoms with Crippen LogP contribution in [0.2, 0.25) is 0 Å². The van der Waals surface area contributed by atoms with Crippen LogP contribution < -0.4 is 11.1 Å². The van der Waals surface area contributed by atoms with Crippen molar-refractivity contribution in [3.63, 3.8) is 0 Å². The second kappa shape index (κ2) is 7.65. The lowest BCUT2D eigenvalue weighted by Gasteiger charge is -2.08. The number of benzene rings is 1. The molecule has 1 aromatic rings. The summed E-state index contributed by atoms with van der Waals surface area (Å²) in [6.07, 6.45) is 0. The summed E-state index contributed by atoms with van der Waals surface area (Å²) in [5.74, 6) is -2.88. The van der Waals surface area contributed by atoms with E-state index < -0.39 is 23.1 Å². The van der Waals surface area contributed by atoms with Gasteiger partial charge in [0.2, 0.25) is 0 Å². The highest BCUT2D eigenvalue weighted by Crippen LogP contribution is 2.18. The van der Waals surface area contributed by atoms with E-state index in [4.69, 9.17) is 15.2 Å². The van der Waals surface area contributed by atoms with E-state index in [-0.39, 0.29) is 18.8 Å². The van der Waals surface area contributed by atoms with Crippen LogP contribution in [0.5, 0.6) is 0 Å². The van der Waals surface area contributed by atoms with Crippen molar-refractivity contribution in [2.24, 2.45) is 0 Å². The SMILES string of the molecule is COCCOCCNC(=O)c1c(F)ccc(N)c1F. The molecule has 0 spiro atoms. The quantitative estimate of drug-likeness (QED) is 0.573. The van der Waals surface area contributed by atoms with Crippen molar-refractivity contribution in [2.75, 3.05) is 39.2 Å². The topological polar surface area (TPSA) is 73.6 Å². The van der Waals surface area contributed by atoms with Crippen molar-refractivity contribution in [3.8, 4) is 0 Å². The zero-order chi connectivity index (χ0) is 14.3. The molecule has 0 fully saturated rings. The van der Waals surface area contributed by atoms with Crippen LogP contribution in [0.1, 0.15) is 10.4 Å². The molecule has 0 aliphatic carbocycles. The van der Waals surface area contributed by atoms with Gasteiger partial charge in [-0.2, -0.15) is 0 Å². The van der Waals surface area contributed by atoms with Crippen LogP contribution in [0.3, 0.4) is 0 Å². The summed E-state index contributed by atoms with van der Waals surface area (Å²) in [5.41, 5.74) is 4.32. The number of nitrogens with one attached hydrogen (secondary N) is 1. The Kier molecular flexibility index (Phi) is 6.17. The number of hydrogen-bond acceptors (Lipinski definition) is 4. The van der Waals surface area contributed by atoms with Crippen molar-refractivity contribution in [1.29, 1.82) is 0 Å². The van der Waals surface area contributed by atoms with Crippen molar-refractivity contribution >= 4 is 11.6 Å². The first-order valence-electron chi connectivity index (χ1n) is 5.66. The number of anilines is 1. The molecule has 3 N–H and O–H groups in total. The molecule has 0 unspecified atom stereocenters. The number of ether oxygens (including phenoxy) is 2. The molecular formula is C12H16F2N2O3. The Labute approximate surface area is 109 Å². The lowest BCUT2D eigenvalue weighted by Crippen LogP contribution is -2.29. The summed E-state index contributed by atoms with van der Waals surface area (Å²) in [7, 11) is 1.54. The van der Waals surface area contributed by atoms with E-state index in [1.54, 1.807) is 0 Å². The molecule has 0 saturated carbocycles. The number of halogens is 2. The molecule has 0 bridgehead atoms. The molecule has 1 aromatic carbocycles. The van der Waals surface area contributed by atoms with Crippen LogP contribution >= 0.6 is 0 Å². The predicted molar refractivity (Wildman–Crippen MR) is 65.8 cm³/mol. The smallest absolute Gasteiger partial charge is 0.257 e. The Balaban J connectivity index is 2.48. The van der Waals surface area contributed by atoms with Gasteiger partial charge >= 0.3 is 0 Å². The number of carbonyl (C=O) groups is 1. The first-order chi connectivity index (χ1) is 9.07. The zero-order valence-electron chi connectivity index (χ0n) is 10.5. The maximum atomic E-state index is 13.5.